The molecule has 0 radical (unpaired) electrons. The van der Waals surface area contributed by atoms with Crippen LogP contribution in [0.4, 0.5) is 0 Å². The SMILES string of the molecule is COc1ccc(C(C)(C)CNC(=O)CCc2ccc(C(=O)O)cc2)cc1. The second-order valence-electron chi connectivity index (χ2n) is 6.89. The Bertz CT molecular complexity index is 749. The molecule has 2 rings (SSSR count). The Morgan fingerprint density at radius 2 is 1.65 bits per heavy atom. The Hall–Kier alpha value is -2.82. The van der Waals surface area contributed by atoms with Gasteiger partial charge in [-0.1, -0.05) is 38.1 Å². The molecule has 0 saturated carbocycles. The summed E-state index contributed by atoms with van der Waals surface area (Å²) in [4.78, 5) is 23.0. The predicted octanol–water partition coefficient (Wildman–Crippen LogP) is 3.42. The van der Waals surface area contributed by atoms with Gasteiger partial charge in [-0.05, 0) is 41.8 Å². The van der Waals surface area contributed by atoms with Crippen molar-refractivity contribution in [2.45, 2.75) is 32.1 Å². The van der Waals surface area contributed by atoms with Crippen molar-refractivity contribution in [2.24, 2.45) is 0 Å². The maximum atomic E-state index is 12.1. The molecular formula is C21H25NO4. The number of benzene rings is 2. The Balaban J connectivity index is 1.84. The lowest BCUT2D eigenvalue weighted by atomic mass is 9.84. The summed E-state index contributed by atoms with van der Waals surface area (Å²) in [5.74, 6) is -0.161. The molecule has 0 unspecified atom stereocenters. The molecule has 0 aliphatic heterocycles. The Morgan fingerprint density at radius 1 is 1.04 bits per heavy atom. The number of carboxylic acid groups (broad SMARTS) is 1. The first-order chi connectivity index (χ1) is 12.3. The lowest BCUT2D eigenvalue weighted by molar-refractivity contribution is -0.121. The molecule has 2 N–H and O–H groups in total. The van der Waals surface area contributed by atoms with Crippen LogP contribution in [0.2, 0.25) is 0 Å². The summed E-state index contributed by atoms with van der Waals surface area (Å²) in [6.07, 6.45) is 0.944. The molecule has 0 fully saturated rings. The standard InChI is InChI=1S/C21H25NO4/c1-21(2,17-9-11-18(26-3)12-10-17)14-22-19(23)13-6-15-4-7-16(8-5-15)20(24)25/h4-5,7-12H,6,13-14H2,1-3H3,(H,22,23)(H,24,25). The average molecular weight is 355 g/mol. The number of aromatic carboxylic acids is 1. The van der Waals surface area contributed by atoms with Gasteiger partial charge in [-0.25, -0.2) is 4.79 Å². The van der Waals surface area contributed by atoms with E-state index in [1.165, 1.54) is 0 Å². The minimum absolute atomic E-state index is 0.0195. The van der Waals surface area contributed by atoms with Gasteiger partial charge < -0.3 is 15.2 Å². The highest BCUT2D eigenvalue weighted by atomic mass is 16.5. The van der Waals surface area contributed by atoms with E-state index in [9.17, 15) is 9.59 Å². The van der Waals surface area contributed by atoms with Gasteiger partial charge in [0, 0.05) is 18.4 Å². The van der Waals surface area contributed by atoms with E-state index in [0.29, 0.717) is 19.4 Å². The molecule has 2 aromatic rings. The van der Waals surface area contributed by atoms with Crippen LogP contribution < -0.4 is 10.1 Å². The van der Waals surface area contributed by atoms with E-state index >= 15 is 0 Å². The first kappa shape index (κ1) is 19.5. The fraction of sp³-hybridized carbons (Fsp3) is 0.333. The van der Waals surface area contributed by atoms with Gasteiger partial charge in [-0.15, -0.1) is 0 Å². The number of amides is 1. The van der Waals surface area contributed by atoms with Gasteiger partial charge in [0.25, 0.3) is 0 Å². The molecule has 0 heterocycles. The number of hydrogen-bond acceptors (Lipinski definition) is 3. The fourth-order valence-electron chi connectivity index (χ4n) is 2.62. The summed E-state index contributed by atoms with van der Waals surface area (Å²) in [6.45, 7) is 4.70. The molecule has 26 heavy (non-hydrogen) atoms. The molecule has 0 spiro atoms. The van der Waals surface area contributed by atoms with Crippen LogP contribution in [0, 0.1) is 0 Å². The van der Waals surface area contributed by atoms with Crippen molar-refractivity contribution in [1.82, 2.24) is 5.32 Å². The van der Waals surface area contributed by atoms with E-state index in [4.69, 9.17) is 9.84 Å². The maximum Gasteiger partial charge on any atom is 0.335 e. The smallest absolute Gasteiger partial charge is 0.335 e. The monoisotopic (exact) mass is 355 g/mol. The van der Waals surface area contributed by atoms with Crippen LogP contribution >= 0.6 is 0 Å². The normalized spacial score (nSPS) is 11.0. The predicted molar refractivity (Wildman–Crippen MR) is 101 cm³/mol. The van der Waals surface area contributed by atoms with Crippen LogP contribution in [-0.2, 0) is 16.6 Å². The van der Waals surface area contributed by atoms with Crippen LogP contribution in [0.5, 0.6) is 5.75 Å². The minimum Gasteiger partial charge on any atom is -0.497 e. The zero-order valence-electron chi connectivity index (χ0n) is 15.4. The third-order valence-corrected chi connectivity index (χ3v) is 4.44. The third-order valence-electron chi connectivity index (χ3n) is 4.44. The van der Waals surface area contributed by atoms with E-state index in [0.717, 1.165) is 16.9 Å². The molecule has 0 aromatic heterocycles. The quantitative estimate of drug-likeness (QED) is 0.761. The molecule has 0 aliphatic carbocycles. The van der Waals surface area contributed by atoms with Gasteiger partial charge in [0.2, 0.25) is 5.91 Å². The second kappa shape index (κ2) is 8.52. The number of rotatable bonds is 8. The molecule has 138 valence electrons. The van der Waals surface area contributed by atoms with Gasteiger partial charge >= 0.3 is 5.97 Å². The van der Waals surface area contributed by atoms with E-state index in [1.54, 1.807) is 31.4 Å². The van der Waals surface area contributed by atoms with Crippen molar-refractivity contribution in [2.75, 3.05) is 13.7 Å². The molecule has 5 heteroatoms. The molecule has 0 atom stereocenters. The summed E-state index contributed by atoms with van der Waals surface area (Å²) in [5.41, 5.74) is 2.13. The van der Waals surface area contributed by atoms with E-state index in [1.807, 2.05) is 24.3 Å². The summed E-state index contributed by atoms with van der Waals surface area (Å²) in [6, 6.07) is 14.5. The average Bonchev–Trinajstić information content (AvgIpc) is 2.65. The second-order valence-corrected chi connectivity index (χ2v) is 6.89. The van der Waals surface area contributed by atoms with Crippen LogP contribution in [0.15, 0.2) is 48.5 Å². The maximum absolute atomic E-state index is 12.1. The van der Waals surface area contributed by atoms with Gasteiger partial charge in [0.1, 0.15) is 5.75 Å². The van der Waals surface area contributed by atoms with E-state index in [-0.39, 0.29) is 16.9 Å². The van der Waals surface area contributed by atoms with Gasteiger partial charge in [0.05, 0.1) is 12.7 Å². The molecule has 2 aromatic carbocycles. The van der Waals surface area contributed by atoms with Crippen molar-refractivity contribution < 1.29 is 19.4 Å². The zero-order chi connectivity index (χ0) is 19.2. The summed E-state index contributed by atoms with van der Waals surface area (Å²) in [5, 5.41) is 11.9. The number of methoxy groups -OCH3 is 1. The van der Waals surface area contributed by atoms with Gasteiger partial charge in [0.15, 0.2) is 0 Å². The van der Waals surface area contributed by atoms with Crippen molar-refractivity contribution in [3.05, 3.63) is 65.2 Å². The summed E-state index contributed by atoms with van der Waals surface area (Å²) < 4.78 is 5.17. The number of hydrogen-bond donors (Lipinski definition) is 2. The largest absolute Gasteiger partial charge is 0.497 e. The lowest BCUT2D eigenvalue weighted by Gasteiger charge is -2.26. The minimum atomic E-state index is -0.949. The van der Waals surface area contributed by atoms with E-state index in [2.05, 4.69) is 19.2 Å². The first-order valence-electron chi connectivity index (χ1n) is 8.55. The number of ether oxygens (including phenoxy) is 1. The van der Waals surface area contributed by atoms with Crippen molar-refractivity contribution >= 4 is 11.9 Å². The number of aryl methyl sites for hydroxylation is 1. The van der Waals surface area contributed by atoms with Crippen molar-refractivity contribution in [3.8, 4) is 5.75 Å². The first-order valence-corrected chi connectivity index (χ1v) is 8.55. The van der Waals surface area contributed by atoms with Crippen molar-refractivity contribution in [1.29, 1.82) is 0 Å². The Morgan fingerprint density at radius 3 is 2.19 bits per heavy atom. The molecule has 0 aliphatic rings. The number of carbonyl (C=O) groups is 2. The topological polar surface area (TPSA) is 75.6 Å². The van der Waals surface area contributed by atoms with Crippen LogP contribution in [0.1, 0.15) is 41.8 Å². The van der Waals surface area contributed by atoms with Crippen LogP contribution in [0.25, 0.3) is 0 Å². The molecule has 0 saturated heterocycles. The molecule has 5 nitrogen and oxygen atoms in total. The number of carbonyl (C=O) groups excluding carboxylic acids is 1. The highest BCUT2D eigenvalue weighted by Gasteiger charge is 2.21. The highest BCUT2D eigenvalue weighted by Crippen LogP contribution is 2.24. The summed E-state index contributed by atoms with van der Waals surface area (Å²) in [7, 11) is 1.63. The Labute approximate surface area is 154 Å². The number of carboxylic acids is 1. The fourth-order valence-corrected chi connectivity index (χ4v) is 2.62. The lowest BCUT2D eigenvalue weighted by Crippen LogP contribution is -2.36. The number of nitrogens with one attached hydrogen (secondary N) is 1. The van der Waals surface area contributed by atoms with Crippen LogP contribution in [0.3, 0.4) is 0 Å². The highest BCUT2D eigenvalue weighted by molar-refractivity contribution is 5.87. The summed E-state index contributed by atoms with van der Waals surface area (Å²) >= 11 is 0. The van der Waals surface area contributed by atoms with Crippen molar-refractivity contribution in [3.63, 3.8) is 0 Å². The van der Waals surface area contributed by atoms with E-state index < -0.39 is 5.97 Å². The molecule has 0 bridgehead atoms. The van der Waals surface area contributed by atoms with Crippen LogP contribution in [-0.4, -0.2) is 30.6 Å². The third kappa shape index (κ3) is 5.34. The van der Waals surface area contributed by atoms with Gasteiger partial charge in [-0.3, -0.25) is 4.79 Å². The zero-order valence-corrected chi connectivity index (χ0v) is 15.4. The Kier molecular flexibility index (Phi) is 6.39. The molecular weight excluding hydrogens is 330 g/mol. The molecule has 1 amide bonds. The van der Waals surface area contributed by atoms with Gasteiger partial charge in [-0.2, -0.15) is 0 Å².